The molecule has 0 spiro atoms. The minimum Gasteiger partial charge on any atom is -0.376 e. The summed E-state index contributed by atoms with van der Waals surface area (Å²) in [6, 6.07) is 3.85. The summed E-state index contributed by atoms with van der Waals surface area (Å²) in [6.45, 7) is 2.07. The first-order chi connectivity index (χ1) is 11.7. The number of nitrogens with zero attached hydrogens (tertiary/aromatic N) is 5. The Bertz CT molecular complexity index is 688. The highest BCUT2D eigenvalue weighted by Crippen LogP contribution is 2.27. The molecule has 1 aliphatic rings. The van der Waals surface area contributed by atoms with Gasteiger partial charge in [-0.25, -0.2) is 0 Å². The maximum atomic E-state index is 12.2. The molecule has 0 saturated heterocycles. The smallest absolute Gasteiger partial charge is 0.248 e. The van der Waals surface area contributed by atoms with Crippen molar-refractivity contribution in [2.75, 3.05) is 26.9 Å². The fraction of sp³-hybridized carbons (Fsp3) is 0.500. The molecule has 1 unspecified atom stereocenters. The largest absolute Gasteiger partial charge is 0.376 e. The van der Waals surface area contributed by atoms with Crippen molar-refractivity contribution in [3.63, 3.8) is 0 Å². The molecule has 1 amide bonds. The number of ether oxygens (including phenoxy) is 2. The molecule has 0 fully saturated rings. The second-order valence-electron chi connectivity index (χ2n) is 5.83. The lowest BCUT2D eigenvalue weighted by Gasteiger charge is -2.32. The van der Waals surface area contributed by atoms with E-state index in [-0.39, 0.29) is 18.4 Å². The van der Waals surface area contributed by atoms with Crippen molar-refractivity contribution in [3.05, 3.63) is 41.5 Å². The van der Waals surface area contributed by atoms with Crippen LogP contribution in [-0.2, 0) is 34.5 Å². The monoisotopic (exact) mass is 331 g/mol. The van der Waals surface area contributed by atoms with Crippen LogP contribution in [0.25, 0.3) is 0 Å². The second-order valence-corrected chi connectivity index (χ2v) is 5.83. The summed E-state index contributed by atoms with van der Waals surface area (Å²) in [5.74, 6) is -0.0164. The van der Waals surface area contributed by atoms with E-state index in [1.54, 1.807) is 22.0 Å². The average molecular weight is 331 g/mol. The second kappa shape index (κ2) is 7.50. The molecule has 3 heterocycles. The van der Waals surface area contributed by atoms with Crippen LogP contribution in [0.2, 0.25) is 0 Å². The Morgan fingerprint density at radius 1 is 1.46 bits per heavy atom. The van der Waals surface area contributed by atoms with Gasteiger partial charge in [0, 0.05) is 39.0 Å². The van der Waals surface area contributed by atoms with Crippen LogP contribution in [0.15, 0.2) is 24.5 Å². The van der Waals surface area contributed by atoms with Gasteiger partial charge >= 0.3 is 0 Å². The Hall–Kier alpha value is -2.32. The molecule has 3 rings (SSSR count). The van der Waals surface area contributed by atoms with E-state index < -0.39 is 0 Å². The maximum absolute atomic E-state index is 12.2. The van der Waals surface area contributed by atoms with E-state index in [0.29, 0.717) is 26.3 Å². The molecule has 0 bridgehead atoms. The van der Waals surface area contributed by atoms with Crippen molar-refractivity contribution in [1.29, 1.82) is 0 Å². The summed E-state index contributed by atoms with van der Waals surface area (Å²) in [4.78, 5) is 18.0. The molecule has 8 heteroatoms. The van der Waals surface area contributed by atoms with E-state index in [1.807, 2.05) is 19.2 Å². The van der Waals surface area contributed by atoms with Gasteiger partial charge in [-0.15, -0.1) is 5.10 Å². The summed E-state index contributed by atoms with van der Waals surface area (Å²) in [5, 5.41) is 8.26. The van der Waals surface area contributed by atoms with Gasteiger partial charge < -0.3 is 14.4 Å². The number of hydrogen-bond donors (Lipinski definition) is 0. The predicted octanol–water partition coefficient (Wildman–Crippen LogP) is 0.499. The summed E-state index contributed by atoms with van der Waals surface area (Å²) in [6.07, 6.45) is 3.52. The van der Waals surface area contributed by atoms with Gasteiger partial charge in [-0.2, -0.15) is 0 Å². The van der Waals surface area contributed by atoms with Gasteiger partial charge in [0.15, 0.2) is 0 Å². The maximum Gasteiger partial charge on any atom is 0.248 e. The van der Waals surface area contributed by atoms with Crippen molar-refractivity contribution in [2.45, 2.75) is 19.1 Å². The van der Waals surface area contributed by atoms with E-state index in [9.17, 15) is 4.79 Å². The van der Waals surface area contributed by atoms with Crippen LogP contribution < -0.4 is 0 Å². The van der Waals surface area contributed by atoms with Crippen LogP contribution in [0.3, 0.4) is 0 Å². The number of carbonyl (C=O) groups excluding carboxylic acids is 1. The van der Waals surface area contributed by atoms with E-state index in [1.165, 1.54) is 7.11 Å². The van der Waals surface area contributed by atoms with Gasteiger partial charge in [0.05, 0.1) is 25.5 Å². The lowest BCUT2D eigenvalue weighted by atomic mass is 9.99. The van der Waals surface area contributed by atoms with E-state index in [0.717, 1.165) is 17.0 Å². The number of pyridine rings is 1. The molecule has 2 aromatic heterocycles. The lowest BCUT2D eigenvalue weighted by Crippen LogP contribution is -2.41. The minimum atomic E-state index is -0.0499. The zero-order chi connectivity index (χ0) is 16.9. The molecule has 0 aromatic carbocycles. The Morgan fingerprint density at radius 2 is 2.33 bits per heavy atom. The molecule has 1 aliphatic heterocycles. The number of carbonyl (C=O) groups is 1. The molecule has 128 valence electrons. The highest BCUT2D eigenvalue weighted by molar-refractivity contribution is 5.77. The quantitative estimate of drug-likeness (QED) is 0.766. The normalized spacial score (nSPS) is 16.9. The molecule has 0 aliphatic carbocycles. The highest BCUT2D eigenvalue weighted by Gasteiger charge is 2.32. The van der Waals surface area contributed by atoms with Crippen LogP contribution in [-0.4, -0.2) is 57.7 Å². The third-order valence-corrected chi connectivity index (χ3v) is 4.04. The third kappa shape index (κ3) is 3.60. The minimum absolute atomic E-state index is 0.0335. The Morgan fingerprint density at radius 3 is 3.08 bits per heavy atom. The number of rotatable bonds is 6. The van der Waals surface area contributed by atoms with E-state index in [4.69, 9.17) is 9.47 Å². The highest BCUT2D eigenvalue weighted by atomic mass is 16.5. The SMILES string of the molecule is COCC(=O)N1Cc2nnn(C)c2C(COCc2cccnc2)C1. The van der Waals surface area contributed by atoms with Crippen LogP contribution in [0.4, 0.5) is 0 Å². The molecule has 1 atom stereocenters. The molecule has 8 nitrogen and oxygen atoms in total. The van der Waals surface area contributed by atoms with Gasteiger partial charge in [0.25, 0.3) is 0 Å². The van der Waals surface area contributed by atoms with Crippen LogP contribution in [0.1, 0.15) is 22.9 Å². The molecule has 2 aromatic rings. The number of methoxy groups -OCH3 is 1. The molecular formula is C16H21N5O3. The predicted molar refractivity (Wildman–Crippen MR) is 84.9 cm³/mol. The fourth-order valence-corrected chi connectivity index (χ4v) is 2.96. The van der Waals surface area contributed by atoms with Crippen molar-refractivity contribution < 1.29 is 14.3 Å². The first-order valence-corrected chi connectivity index (χ1v) is 7.81. The van der Waals surface area contributed by atoms with Crippen molar-refractivity contribution >= 4 is 5.91 Å². The van der Waals surface area contributed by atoms with E-state index >= 15 is 0 Å². The van der Waals surface area contributed by atoms with Gasteiger partial charge in [0.1, 0.15) is 12.3 Å². The van der Waals surface area contributed by atoms with Gasteiger partial charge in [0.2, 0.25) is 5.91 Å². The Labute approximate surface area is 140 Å². The average Bonchev–Trinajstić information content (AvgIpc) is 2.97. The van der Waals surface area contributed by atoms with Gasteiger partial charge in [-0.1, -0.05) is 11.3 Å². The van der Waals surface area contributed by atoms with Gasteiger partial charge in [-0.3, -0.25) is 14.5 Å². The van der Waals surface area contributed by atoms with Crippen molar-refractivity contribution in [3.8, 4) is 0 Å². The Balaban J connectivity index is 1.68. The Kier molecular flexibility index (Phi) is 5.17. The number of hydrogen-bond acceptors (Lipinski definition) is 6. The first kappa shape index (κ1) is 16.5. The zero-order valence-electron chi connectivity index (χ0n) is 13.9. The molecule has 0 N–H and O–H groups in total. The standard InChI is InChI=1S/C16H21N5O3/c1-20-16-13(10-24-9-12-4-3-5-17-6-12)7-21(15(22)11-23-2)8-14(16)18-19-20/h3-6,13H,7-11H2,1-2H3. The number of aryl methyl sites for hydroxylation is 1. The van der Waals surface area contributed by atoms with Crippen LogP contribution in [0, 0.1) is 0 Å². The van der Waals surface area contributed by atoms with Crippen molar-refractivity contribution in [1.82, 2.24) is 24.9 Å². The summed E-state index contributed by atoms with van der Waals surface area (Å²) < 4.78 is 12.6. The van der Waals surface area contributed by atoms with Gasteiger partial charge in [-0.05, 0) is 11.6 Å². The topological polar surface area (TPSA) is 82.4 Å². The van der Waals surface area contributed by atoms with Crippen LogP contribution >= 0.6 is 0 Å². The molecule has 0 saturated carbocycles. The number of fused-ring (bicyclic) bond motifs is 1. The first-order valence-electron chi connectivity index (χ1n) is 7.81. The number of aromatic nitrogens is 4. The lowest BCUT2D eigenvalue weighted by molar-refractivity contribution is -0.136. The third-order valence-electron chi connectivity index (χ3n) is 4.04. The van der Waals surface area contributed by atoms with Crippen molar-refractivity contribution in [2.24, 2.45) is 7.05 Å². The summed E-state index contributed by atoms with van der Waals surface area (Å²) >= 11 is 0. The summed E-state index contributed by atoms with van der Waals surface area (Å²) in [7, 11) is 3.39. The van der Waals surface area contributed by atoms with E-state index in [2.05, 4.69) is 15.3 Å². The molecule has 0 radical (unpaired) electrons. The zero-order valence-corrected chi connectivity index (χ0v) is 13.9. The number of amides is 1. The van der Waals surface area contributed by atoms with Crippen LogP contribution in [0.5, 0.6) is 0 Å². The summed E-state index contributed by atoms with van der Waals surface area (Å²) in [5.41, 5.74) is 2.87. The fourth-order valence-electron chi connectivity index (χ4n) is 2.96. The molecular weight excluding hydrogens is 310 g/mol. The molecule has 24 heavy (non-hydrogen) atoms.